The number of hydrogen-bond donors (Lipinski definition) is 0. The number of anilines is 1. The zero-order chi connectivity index (χ0) is 20.2. The fourth-order valence-electron chi connectivity index (χ4n) is 3.33. The lowest BCUT2D eigenvalue weighted by Gasteiger charge is -2.34. The Kier molecular flexibility index (Phi) is 4.55. The summed E-state index contributed by atoms with van der Waals surface area (Å²) < 4.78 is 8.36. The van der Waals surface area contributed by atoms with Gasteiger partial charge in [-0.05, 0) is 30.7 Å². The highest BCUT2D eigenvalue weighted by molar-refractivity contribution is 7.20. The molecule has 0 saturated heterocycles. The maximum Gasteiger partial charge on any atom is 0.331 e. The first-order chi connectivity index (χ1) is 13.3. The highest BCUT2D eigenvalue weighted by atomic mass is 35.5. The topological polar surface area (TPSA) is 73.5 Å². The summed E-state index contributed by atoms with van der Waals surface area (Å²) >= 11 is 7.27. The van der Waals surface area contributed by atoms with E-state index in [1.165, 1.54) is 11.6 Å². The molecule has 7 nitrogen and oxygen atoms in total. The van der Waals surface area contributed by atoms with Crippen molar-refractivity contribution in [3.8, 4) is 5.75 Å². The smallest absolute Gasteiger partial charge is 0.331 e. The van der Waals surface area contributed by atoms with Gasteiger partial charge in [0.05, 0.1) is 22.5 Å². The maximum atomic E-state index is 13.3. The van der Waals surface area contributed by atoms with Crippen molar-refractivity contribution in [2.45, 2.75) is 19.4 Å². The monoisotopic (exact) mass is 419 g/mol. The number of amides is 1. The third-order valence-electron chi connectivity index (χ3n) is 4.93. The number of aromatic nitrogens is 2. The molecular formula is C19H18ClN3O4S. The molecule has 9 heteroatoms. The van der Waals surface area contributed by atoms with Gasteiger partial charge in [-0.15, -0.1) is 11.3 Å². The molecule has 0 fully saturated rings. The Morgan fingerprint density at radius 3 is 2.71 bits per heavy atom. The van der Waals surface area contributed by atoms with Crippen LogP contribution in [0.1, 0.15) is 23.0 Å². The van der Waals surface area contributed by atoms with E-state index in [1.54, 1.807) is 36.2 Å². The van der Waals surface area contributed by atoms with Crippen molar-refractivity contribution in [2.75, 3.05) is 11.4 Å². The minimum absolute atomic E-state index is 0.135. The van der Waals surface area contributed by atoms with Gasteiger partial charge in [-0.25, -0.2) is 4.79 Å². The SMILES string of the molecule is CC[C@H]1CN(C(=O)c2cc3c(=O)n(C)c(=O)n(C)c3s2)c2cc(Cl)ccc2O1. The van der Waals surface area contributed by atoms with Gasteiger partial charge in [0.1, 0.15) is 16.7 Å². The van der Waals surface area contributed by atoms with E-state index >= 15 is 0 Å². The molecule has 1 aliphatic heterocycles. The molecule has 3 heterocycles. The number of nitrogens with zero attached hydrogens (tertiary/aromatic N) is 3. The van der Waals surface area contributed by atoms with Gasteiger partial charge in [-0.2, -0.15) is 0 Å². The third-order valence-corrected chi connectivity index (χ3v) is 6.36. The van der Waals surface area contributed by atoms with E-state index in [4.69, 9.17) is 16.3 Å². The largest absolute Gasteiger partial charge is 0.486 e. The van der Waals surface area contributed by atoms with Crippen molar-refractivity contribution in [3.63, 3.8) is 0 Å². The molecule has 0 N–H and O–H groups in total. The Labute approximate surface area is 169 Å². The van der Waals surface area contributed by atoms with Gasteiger partial charge in [0, 0.05) is 19.1 Å². The average molecular weight is 420 g/mol. The zero-order valence-corrected chi connectivity index (χ0v) is 17.1. The second-order valence-corrected chi connectivity index (χ2v) is 8.18. The average Bonchev–Trinajstić information content (AvgIpc) is 3.15. The molecule has 0 aliphatic carbocycles. The molecule has 0 radical (unpaired) electrons. The van der Waals surface area contributed by atoms with E-state index in [9.17, 15) is 14.4 Å². The summed E-state index contributed by atoms with van der Waals surface area (Å²) in [6.45, 7) is 2.38. The lowest BCUT2D eigenvalue weighted by molar-refractivity contribution is 0.0958. The van der Waals surface area contributed by atoms with E-state index in [0.717, 1.165) is 22.3 Å². The van der Waals surface area contributed by atoms with Crippen molar-refractivity contribution in [1.29, 1.82) is 0 Å². The molecule has 0 spiro atoms. The molecular weight excluding hydrogens is 402 g/mol. The van der Waals surface area contributed by atoms with Crippen LogP contribution in [-0.2, 0) is 14.1 Å². The number of thiophene rings is 1. The Hall–Kier alpha value is -2.58. The molecule has 146 valence electrons. The molecule has 1 aliphatic rings. The molecule has 0 bridgehead atoms. The molecule has 0 unspecified atom stereocenters. The standard InChI is InChI=1S/C19H18ClN3O4S/c1-4-11-9-23(13-7-10(20)5-6-14(13)27-11)17(25)15-8-12-16(24)21(2)19(26)22(3)18(12)28-15/h5-8,11H,4,9H2,1-3H3/t11-/m0/s1. The number of rotatable bonds is 2. The minimum Gasteiger partial charge on any atom is -0.486 e. The Balaban J connectivity index is 1.85. The summed E-state index contributed by atoms with van der Waals surface area (Å²) in [7, 11) is 3.01. The number of aryl methyl sites for hydroxylation is 1. The summed E-state index contributed by atoms with van der Waals surface area (Å²) in [5.74, 6) is 0.348. The molecule has 1 amide bonds. The normalized spacial score (nSPS) is 16.1. The lowest BCUT2D eigenvalue weighted by Crippen LogP contribution is -2.43. The third kappa shape index (κ3) is 2.84. The molecule has 0 saturated carbocycles. The van der Waals surface area contributed by atoms with Crippen LogP contribution in [0.2, 0.25) is 5.02 Å². The van der Waals surface area contributed by atoms with Gasteiger partial charge in [0.25, 0.3) is 11.5 Å². The Morgan fingerprint density at radius 2 is 2.00 bits per heavy atom. The van der Waals surface area contributed by atoms with Crippen molar-refractivity contribution < 1.29 is 9.53 Å². The summed E-state index contributed by atoms with van der Waals surface area (Å²) in [6.07, 6.45) is 0.608. The second kappa shape index (κ2) is 6.79. The van der Waals surface area contributed by atoms with Crippen molar-refractivity contribution in [1.82, 2.24) is 9.13 Å². The van der Waals surface area contributed by atoms with Crippen LogP contribution >= 0.6 is 22.9 Å². The summed E-state index contributed by atoms with van der Waals surface area (Å²) in [4.78, 5) is 40.5. The number of ether oxygens (including phenoxy) is 1. The van der Waals surface area contributed by atoms with Crippen LogP contribution in [0.25, 0.3) is 10.2 Å². The molecule has 4 rings (SSSR count). The summed E-state index contributed by atoms with van der Waals surface area (Å²) in [6, 6.07) is 6.73. The van der Waals surface area contributed by atoms with Crippen LogP contribution in [0.15, 0.2) is 33.9 Å². The van der Waals surface area contributed by atoms with Crippen molar-refractivity contribution >= 4 is 44.7 Å². The van der Waals surface area contributed by atoms with Crippen LogP contribution in [0.3, 0.4) is 0 Å². The maximum absolute atomic E-state index is 13.3. The van der Waals surface area contributed by atoms with Crippen LogP contribution < -0.4 is 20.9 Å². The van der Waals surface area contributed by atoms with E-state index in [0.29, 0.717) is 38.1 Å². The van der Waals surface area contributed by atoms with E-state index < -0.39 is 11.2 Å². The fraction of sp³-hybridized carbons (Fsp3) is 0.316. The molecule has 28 heavy (non-hydrogen) atoms. The number of fused-ring (bicyclic) bond motifs is 2. The van der Waals surface area contributed by atoms with E-state index in [-0.39, 0.29) is 12.0 Å². The predicted octanol–water partition coefficient (Wildman–Crippen LogP) is 2.77. The van der Waals surface area contributed by atoms with Crippen LogP contribution in [0.4, 0.5) is 5.69 Å². The number of carbonyl (C=O) groups excluding carboxylic acids is 1. The van der Waals surface area contributed by atoms with Gasteiger partial charge >= 0.3 is 5.69 Å². The fourth-order valence-corrected chi connectivity index (χ4v) is 4.55. The van der Waals surface area contributed by atoms with Crippen LogP contribution in [0.5, 0.6) is 5.75 Å². The van der Waals surface area contributed by atoms with Crippen LogP contribution in [-0.4, -0.2) is 27.7 Å². The number of carbonyl (C=O) groups is 1. The van der Waals surface area contributed by atoms with E-state index in [2.05, 4.69) is 0 Å². The first-order valence-electron chi connectivity index (χ1n) is 8.79. The van der Waals surface area contributed by atoms with Gasteiger partial charge in [0.2, 0.25) is 0 Å². The summed E-state index contributed by atoms with van der Waals surface area (Å²) in [5, 5.41) is 0.854. The predicted molar refractivity (Wildman–Crippen MR) is 110 cm³/mol. The highest BCUT2D eigenvalue weighted by Crippen LogP contribution is 2.38. The zero-order valence-electron chi connectivity index (χ0n) is 15.6. The first-order valence-corrected chi connectivity index (χ1v) is 9.99. The molecule has 1 atom stereocenters. The first kappa shape index (κ1) is 18.8. The van der Waals surface area contributed by atoms with Crippen LogP contribution in [0, 0.1) is 0 Å². The number of halogens is 1. The van der Waals surface area contributed by atoms with Gasteiger partial charge in [0.15, 0.2) is 0 Å². The minimum atomic E-state index is -0.423. The van der Waals surface area contributed by atoms with E-state index in [1.807, 2.05) is 6.92 Å². The second-order valence-electron chi connectivity index (χ2n) is 6.71. The molecule has 1 aromatic carbocycles. The number of hydrogen-bond acceptors (Lipinski definition) is 5. The summed E-state index contributed by atoms with van der Waals surface area (Å²) in [5.41, 5.74) is -0.236. The Bertz CT molecular complexity index is 1230. The van der Waals surface area contributed by atoms with Gasteiger partial charge in [-0.3, -0.25) is 18.7 Å². The van der Waals surface area contributed by atoms with Gasteiger partial charge in [-0.1, -0.05) is 18.5 Å². The number of benzene rings is 1. The molecule has 2 aromatic heterocycles. The van der Waals surface area contributed by atoms with Gasteiger partial charge < -0.3 is 9.64 Å². The quantitative estimate of drug-likeness (QED) is 0.640. The Morgan fingerprint density at radius 1 is 1.25 bits per heavy atom. The molecule has 3 aromatic rings. The van der Waals surface area contributed by atoms with Crippen molar-refractivity contribution in [2.24, 2.45) is 14.1 Å². The lowest BCUT2D eigenvalue weighted by atomic mass is 10.1. The highest BCUT2D eigenvalue weighted by Gasteiger charge is 2.31. The van der Waals surface area contributed by atoms with Crippen molar-refractivity contribution in [3.05, 3.63) is 55.0 Å².